The van der Waals surface area contributed by atoms with Crippen molar-refractivity contribution >= 4 is 11.6 Å². The van der Waals surface area contributed by atoms with Crippen LogP contribution in [0.5, 0.6) is 0 Å². The summed E-state index contributed by atoms with van der Waals surface area (Å²) in [6.07, 6.45) is 2.13. The summed E-state index contributed by atoms with van der Waals surface area (Å²) >= 11 is 6.15. The van der Waals surface area contributed by atoms with Crippen LogP contribution in [0.15, 0.2) is 0 Å². The van der Waals surface area contributed by atoms with Gasteiger partial charge in [-0.05, 0) is 24.8 Å². The topological polar surface area (TPSA) is 30.5 Å². The van der Waals surface area contributed by atoms with Crippen molar-refractivity contribution in [2.24, 2.45) is 5.41 Å². The van der Waals surface area contributed by atoms with Gasteiger partial charge in [0.2, 0.25) is 0 Å². The highest BCUT2D eigenvalue weighted by molar-refractivity contribution is 6.21. The van der Waals surface area contributed by atoms with Gasteiger partial charge in [-0.3, -0.25) is 0 Å². The lowest BCUT2D eigenvalue weighted by Crippen LogP contribution is -2.58. The van der Waals surface area contributed by atoms with Crippen LogP contribution in [0.3, 0.4) is 0 Å². The molecule has 0 heterocycles. The molecule has 0 aromatic rings. The molecule has 0 amide bonds. The van der Waals surface area contributed by atoms with Gasteiger partial charge in [0.05, 0.1) is 13.2 Å². The third kappa shape index (κ3) is 3.88. The Labute approximate surface area is 104 Å². The monoisotopic (exact) mass is 249 g/mol. The average Bonchev–Trinajstić information content (AvgIpc) is 2.26. The summed E-state index contributed by atoms with van der Waals surface area (Å²) in [5.74, 6) is 0. The summed E-state index contributed by atoms with van der Waals surface area (Å²) < 4.78 is 10.3. The van der Waals surface area contributed by atoms with E-state index in [1.807, 2.05) is 0 Å². The van der Waals surface area contributed by atoms with Crippen molar-refractivity contribution in [1.82, 2.24) is 5.32 Å². The van der Waals surface area contributed by atoms with E-state index in [-0.39, 0.29) is 5.41 Å². The Morgan fingerprint density at radius 1 is 1.31 bits per heavy atom. The summed E-state index contributed by atoms with van der Waals surface area (Å²) in [6.45, 7) is 7.62. The van der Waals surface area contributed by atoms with E-state index in [0.717, 1.165) is 26.0 Å². The van der Waals surface area contributed by atoms with Crippen LogP contribution in [-0.2, 0) is 9.47 Å². The van der Waals surface area contributed by atoms with E-state index in [1.165, 1.54) is 0 Å². The molecule has 1 saturated carbocycles. The molecule has 0 aromatic carbocycles. The van der Waals surface area contributed by atoms with Crippen LogP contribution >= 0.6 is 11.6 Å². The molecule has 2 unspecified atom stereocenters. The molecule has 0 saturated heterocycles. The van der Waals surface area contributed by atoms with Crippen LogP contribution < -0.4 is 5.32 Å². The molecule has 1 fully saturated rings. The average molecular weight is 250 g/mol. The third-order valence-electron chi connectivity index (χ3n) is 3.44. The van der Waals surface area contributed by atoms with Crippen molar-refractivity contribution in [3.63, 3.8) is 0 Å². The van der Waals surface area contributed by atoms with Gasteiger partial charge in [-0.2, -0.15) is 0 Å². The Morgan fingerprint density at radius 3 is 2.62 bits per heavy atom. The lowest BCUT2D eigenvalue weighted by atomic mass is 9.67. The second-order valence-corrected chi connectivity index (χ2v) is 5.52. The molecule has 4 heteroatoms. The maximum Gasteiger partial charge on any atom is 0.0700 e. The van der Waals surface area contributed by atoms with Crippen LogP contribution in [0.4, 0.5) is 0 Å². The molecule has 0 aromatic heterocycles. The Morgan fingerprint density at radius 2 is 2.06 bits per heavy atom. The minimum absolute atomic E-state index is 0.235. The first-order chi connectivity index (χ1) is 7.59. The molecule has 0 radical (unpaired) electrons. The predicted octanol–water partition coefficient (Wildman–Crippen LogP) is 2.03. The van der Waals surface area contributed by atoms with Gasteiger partial charge in [-0.1, -0.05) is 13.8 Å². The number of hydrogen-bond acceptors (Lipinski definition) is 3. The number of methoxy groups -OCH3 is 1. The summed E-state index contributed by atoms with van der Waals surface area (Å²) in [6, 6.07) is 0.564. The van der Waals surface area contributed by atoms with Crippen molar-refractivity contribution in [1.29, 1.82) is 0 Å². The van der Waals surface area contributed by atoms with Crippen molar-refractivity contribution in [3.05, 3.63) is 0 Å². The third-order valence-corrected chi connectivity index (χ3v) is 4.18. The van der Waals surface area contributed by atoms with Gasteiger partial charge in [0.1, 0.15) is 0 Å². The van der Waals surface area contributed by atoms with Gasteiger partial charge in [0.15, 0.2) is 0 Å². The number of hydrogen-bond donors (Lipinski definition) is 1. The number of ether oxygens (including phenoxy) is 2. The van der Waals surface area contributed by atoms with E-state index < -0.39 is 0 Å². The number of nitrogens with one attached hydrogen (secondary N) is 1. The van der Waals surface area contributed by atoms with Gasteiger partial charge in [0.25, 0.3) is 0 Å². The fourth-order valence-electron chi connectivity index (χ4n) is 1.91. The van der Waals surface area contributed by atoms with E-state index in [2.05, 4.69) is 19.2 Å². The molecule has 1 aliphatic carbocycles. The summed E-state index contributed by atoms with van der Waals surface area (Å²) in [4.78, 5) is 0. The standard InChI is InChI=1S/C12H24ClNO2/c1-12(2)10(13)9-11(12)14-5-4-6-16-8-7-15-3/h10-11,14H,4-9H2,1-3H3. The van der Waals surface area contributed by atoms with E-state index in [1.54, 1.807) is 7.11 Å². The second kappa shape index (κ2) is 6.80. The fourth-order valence-corrected chi connectivity index (χ4v) is 2.24. The SMILES string of the molecule is COCCOCCCNC1CC(Cl)C1(C)C. The molecule has 1 rings (SSSR count). The Balaban J connectivity index is 1.93. The highest BCUT2D eigenvalue weighted by Gasteiger charge is 2.46. The molecule has 96 valence electrons. The van der Waals surface area contributed by atoms with Gasteiger partial charge < -0.3 is 14.8 Å². The minimum atomic E-state index is 0.235. The molecule has 0 aliphatic heterocycles. The number of alkyl halides is 1. The van der Waals surface area contributed by atoms with Crippen LogP contribution in [-0.4, -0.2) is 44.9 Å². The molecular formula is C12H24ClNO2. The Bertz CT molecular complexity index is 199. The first-order valence-electron chi connectivity index (χ1n) is 6.03. The van der Waals surface area contributed by atoms with Crippen molar-refractivity contribution in [3.8, 4) is 0 Å². The zero-order chi connectivity index (χ0) is 12.0. The van der Waals surface area contributed by atoms with E-state index in [9.17, 15) is 0 Å². The van der Waals surface area contributed by atoms with Crippen LogP contribution in [0.2, 0.25) is 0 Å². The fraction of sp³-hybridized carbons (Fsp3) is 1.00. The highest BCUT2D eigenvalue weighted by Crippen LogP contribution is 2.44. The molecule has 3 nitrogen and oxygen atoms in total. The molecule has 16 heavy (non-hydrogen) atoms. The molecule has 0 bridgehead atoms. The van der Waals surface area contributed by atoms with Gasteiger partial charge in [-0.15, -0.1) is 11.6 Å². The number of halogens is 1. The molecular weight excluding hydrogens is 226 g/mol. The van der Waals surface area contributed by atoms with E-state index in [4.69, 9.17) is 21.1 Å². The van der Waals surface area contributed by atoms with Crippen LogP contribution in [0.25, 0.3) is 0 Å². The zero-order valence-electron chi connectivity index (χ0n) is 10.6. The first kappa shape index (κ1) is 14.2. The summed E-state index contributed by atoms with van der Waals surface area (Å²) in [7, 11) is 1.69. The zero-order valence-corrected chi connectivity index (χ0v) is 11.3. The lowest BCUT2D eigenvalue weighted by Gasteiger charge is -2.49. The second-order valence-electron chi connectivity index (χ2n) is 4.99. The van der Waals surface area contributed by atoms with Gasteiger partial charge in [0, 0.05) is 25.1 Å². The Kier molecular flexibility index (Phi) is 6.05. The molecule has 1 N–H and O–H groups in total. The largest absolute Gasteiger partial charge is 0.382 e. The summed E-state index contributed by atoms with van der Waals surface area (Å²) in [5.41, 5.74) is 0.235. The van der Waals surface area contributed by atoms with Crippen molar-refractivity contribution < 1.29 is 9.47 Å². The molecule has 1 aliphatic rings. The van der Waals surface area contributed by atoms with E-state index >= 15 is 0 Å². The maximum absolute atomic E-state index is 6.15. The molecule has 2 atom stereocenters. The van der Waals surface area contributed by atoms with Gasteiger partial charge >= 0.3 is 0 Å². The predicted molar refractivity (Wildman–Crippen MR) is 67.1 cm³/mol. The summed E-state index contributed by atoms with van der Waals surface area (Å²) in [5, 5.41) is 3.86. The maximum atomic E-state index is 6.15. The normalized spacial score (nSPS) is 27.8. The smallest absolute Gasteiger partial charge is 0.0700 e. The number of rotatable bonds is 8. The quantitative estimate of drug-likeness (QED) is 0.528. The van der Waals surface area contributed by atoms with Crippen molar-refractivity contribution in [2.75, 3.05) is 33.5 Å². The first-order valence-corrected chi connectivity index (χ1v) is 6.47. The van der Waals surface area contributed by atoms with E-state index in [0.29, 0.717) is 24.6 Å². The van der Waals surface area contributed by atoms with Crippen LogP contribution in [0, 0.1) is 5.41 Å². The van der Waals surface area contributed by atoms with Crippen molar-refractivity contribution in [2.45, 2.75) is 38.1 Å². The highest BCUT2D eigenvalue weighted by atomic mass is 35.5. The molecule has 0 spiro atoms. The minimum Gasteiger partial charge on any atom is -0.382 e. The van der Waals surface area contributed by atoms with Crippen LogP contribution in [0.1, 0.15) is 26.7 Å². The lowest BCUT2D eigenvalue weighted by molar-refractivity contribution is 0.0659. The van der Waals surface area contributed by atoms with Gasteiger partial charge in [-0.25, -0.2) is 0 Å². The Hall–Kier alpha value is 0.170.